The van der Waals surface area contributed by atoms with E-state index in [1.165, 1.54) is 5.56 Å². The van der Waals surface area contributed by atoms with E-state index in [2.05, 4.69) is 48.3 Å². The van der Waals surface area contributed by atoms with E-state index in [1.807, 2.05) is 32.0 Å². The van der Waals surface area contributed by atoms with Crippen molar-refractivity contribution < 1.29 is 9.53 Å². The van der Waals surface area contributed by atoms with Gasteiger partial charge in [-0.05, 0) is 49.2 Å². The minimum absolute atomic E-state index is 0.0335. The van der Waals surface area contributed by atoms with Crippen LogP contribution in [0.5, 0.6) is 5.75 Å². The largest absolute Gasteiger partial charge is 0.483 e. The third-order valence-electron chi connectivity index (χ3n) is 4.57. The first-order chi connectivity index (χ1) is 12.5. The number of nitrogens with zero attached hydrogens (tertiary/aromatic N) is 1. The van der Waals surface area contributed by atoms with Crippen LogP contribution < -0.4 is 10.1 Å². The average Bonchev–Trinajstić information content (AvgIpc) is 2.65. The Hall–Kier alpha value is -2.33. The number of rotatable bonds is 9. The smallest absolute Gasteiger partial charge is 0.258 e. The van der Waals surface area contributed by atoms with E-state index < -0.39 is 0 Å². The fourth-order valence-corrected chi connectivity index (χ4v) is 2.88. The van der Waals surface area contributed by atoms with Crippen LogP contribution in [0.2, 0.25) is 0 Å². The highest BCUT2D eigenvalue weighted by Crippen LogP contribution is 2.22. The van der Waals surface area contributed by atoms with E-state index >= 15 is 0 Å². The number of ether oxygens (including phenoxy) is 1. The molecule has 0 radical (unpaired) electrons. The quantitative estimate of drug-likeness (QED) is 0.744. The molecular weight excluding hydrogens is 324 g/mol. The average molecular weight is 354 g/mol. The van der Waals surface area contributed by atoms with Crippen molar-refractivity contribution in [1.29, 1.82) is 0 Å². The van der Waals surface area contributed by atoms with Crippen molar-refractivity contribution >= 4 is 5.91 Å². The van der Waals surface area contributed by atoms with Gasteiger partial charge in [0.05, 0.1) is 0 Å². The van der Waals surface area contributed by atoms with Crippen molar-refractivity contribution in [1.82, 2.24) is 10.2 Å². The molecule has 4 nitrogen and oxygen atoms in total. The normalized spacial score (nSPS) is 10.8. The second kappa shape index (κ2) is 9.97. The number of carbonyl (C=O) groups is 1. The minimum atomic E-state index is -0.111. The molecule has 0 aromatic heterocycles. The molecule has 2 rings (SSSR count). The summed E-state index contributed by atoms with van der Waals surface area (Å²) in [7, 11) is 0. The molecule has 0 atom stereocenters. The Morgan fingerprint density at radius 1 is 0.962 bits per heavy atom. The van der Waals surface area contributed by atoms with Gasteiger partial charge in [0.15, 0.2) is 6.61 Å². The third kappa shape index (κ3) is 5.88. The highest BCUT2D eigenvalue weighted by molar-refractivity contribution is 5.77. The number of hydrogen-bond donors (Lipinski definition) is 1. The topological polar surface area (TPSA) is 41.6 Å². The number of benzene rings is 2. The zero-order valence-corrected chi connectivity index (χ0v) is 16.3. The summed E-state index contributed by atoms with van der Waals surface area (Å²) < 4.78 is 5.69. The molecule has 0 saturated heterocycles. The Kier molecular flexibility index (Phi) is 7.67. The van der Waals surface area contributed by atoms with E-state index in [4.69, 9.17) is 4.74 Å². The molecule has 0 unspecified atom stereocenters. The maximum absolute atomic E-state index is 12.1. The molecule has 0 spiro atoms. The maximum atomic E-state index is 12.1. The molecule has 1 amide bonds. The Labute approximate surface area is 157 Å². The molecule has 26 heavy (non-hydrogen) atoms. The van der Waals surface area contributed by atoms with Gasteiger partial charge in [-0.3, -0.25) is 9.69 Å². The van der Waals surface area contributed by atoms with Gasteiger partial charge in [0, 0.05) is 13.1 Å². The lowest BCUT2D eigenvalue weighted by atomic mass is 10.1. The van der Waals surface area contributed by atoms with Crippen LogP contribution in [0.3, 0.4) is 0 Å². The molecule has 0 saturated carbocycles. The summed E-state index contributed by atoms with van der Waals surface area (Å²) in [5, 5.41) is 2.92. The van der Waals surface area contributed by atoms with Crippen LogP contribution in [-0.2, 0) is 17.9 Å². The molecule has 0 bridgehead atoms. The van der Waals surface area contributed by atoms with Crippen molar-refractivity contribution in [2.75, 3.05) is 19.7 Å². The van der Waals surface area contributed by atoms with Crippen LogP contribution in [0, 0.1) is 13.8 Å². The lowest BCUT2D eigenvalue weighted by Gasteiger charge is -2.18. The summed E-state index contributed by atoms with van der Waals surface area (Å²) in [6.07, 6.45) is 0. The van der Waals surface area contributed by atoms with Crippen LogP contribution in [0.1, 0.15) is 36.1 Å². The SMILES string of the molecule is CCN(CC)Cc1ccc(CNC(=O)COc2c(C)cccc2C)cc1. The Morgan fingerprint density at radius 3 is 2.12 bits per heavy atom. The van der Waals surface area contributed by atoms with E-state index in [0.29, 0.717) is 6.54 Å². The summed E-state index contributed by atoms with van der Waals surface area (Å²) in [6.45, 7) is 11.9. The van der Waals surface area contributed by atoms with Crippen molar-refractivity contribution in [2.24, 2.45) is 0 Å². The fourth-order valence-electron chi connectivity index (χ4n) is 2.88. The zero-order valence-electron chi connectivity index (χ0n) is 16.3. The molecule has 2 aromatic carbocycles. The second-order valence-corrected chi connectivity index (χ2v) is 6.56. The van der Waals surface area contributed by atoms with Gasteiger partial charge in [0.2, 0.25) is 0 Å². The lowest BCUT2D eigenvalue weighted by molar-refractivity contribution is -0.123. The first-order valence-corrected chi connectivity index (χ1v) is 9.29. The van der Waals surface area contributed by atoms with Crippen molar-refractivity contribution in [3.05, 3.63) is 64.7 Å². The van der Waals surface area contributed by atoms with Crippen LogP contribution >= 0.6 is 0 Å². The Morgan fingerprint density at radius 2 is 1.54 bits per heavy atom. The van der Waals surface area contributed by atoms with Crippen LogP contribution in [0.4, 0.5) is 0 Å². The summed E-state index contributed by atoms with van der Waals surface area (Å²) in [5.41, 5.74) is 4.47. The van der Waals surface area contributed by atoms with Gasteiger partial charge in [-0.15, -0.1) is 0 Å². The molecule has 4 heteroatoms. The summed E-state index contributed by atoms with van der Waals surface area (Å²) in [5.74, 6) is 0.684. The highest BCUT2D eigenvalue weighted by Gasteiger charge is 2.07. The first-order valence-electron chi connectivity index (χ1n) is 9.29. The summed E-state index contributed by atoms with van der Waals surface area (Å²) >= 11 is 0. The highest BCUT2D eigenvalue weighted by atomic mass is 16.5. The predicted octanol–water partition coefficient (Wildman–Crippen LogP) is 3.84. The zero-order chi connectivity index (χ0) is 18.9. The van der Waals surface area contributed by atoms with Crippen molar-refractivity contribution in [3.8, 4) is 5.75 Å². The molecule has 0 heterocycles. The first kappa shape index (κ1) is 20.0. The van der Waals surface area contributed by atoms with E-state index in [-0.39, 0.29) is 12.5 Å². The van der Waals surface area contributed by atoms with Gasteiger partial charge < -0.3 is 10.1 Å². The van der Waals surface area contributed by atoms with Gasteiger partial charge in [0.1, 0.15) is 5.75 Å². The number of amides is 1. The maximum Gasteiger partial charge on any atom is 0.258 e. The van der Waals surface area contributed by atoms with Crippen molar-refractivity contribution in [3.63, 3.8) is 0 Å². The minimum Gasteiger partial charge on any atom is -0.483 e. The molecule has 1 N–H and O–H groups in total. The second-order valence-electron chi connectivity index (χ2n) is 6.56. The number of carbonyl (C=O) groups excluding carboxylic acids is 1. The van der Waals surface area contributed by atoms with E-state index in [0.717, 1.165) is 42.1 Å². The summed E-state index contributed by atoms with van der Waals surface area (Å²) in [4.78, 5) is 14.4. The Bertz CT molecular complexity index is 686. The van der Waals surface area contributed by atoms with Crippen LogP contribution in [-0.4, -0.2) is 30.5 Å². The molecule has 0 aliphatic carbocycles. The van der Waals surface area contributed by atoms with Crippen LogP contribution in [0.25, 0.3) is 0 Å². The van der Waals surface area contributed by atoms with E-state index in [1.54, 1.807) is 0 Å². The third-order valence-corrected chi connectivity index (χ3v) is 4.57. The molecule has 0 aliphatic rings. The molecule has 0 fully saturated rings. The van der Waals surface area contributed by atoms with Crippen molar-refractivity contribution in [2.45, 2.75) is 40.8 Å². The molecular formula is C22H30N2O2. The molecule has 140 valence electrons. The standard InChI is InChI=1S/C22H30N2O2/c1-5-24(6-2)15-20-12-10-19(11-13-20)14-23-21(25)16-26-22-17(3)8-7-9-18(22)4/h7-13H,5-6,14-16H2,1-4H3,(H,23,25). The van der Waals surface area contributed by atoms with Gasteiger partial charge >= 0.3 is 0 Å². The fraction of sp³-hybridized carbons (Fsp3) is 0.409. The van der Waals surface area contributed by atoms with Gasteiger partial charge in [-0.2, -0.15) is 0 Å². The molecule has 0 aliphatic heterocycles. The summed E-state index contributed by atoms with van der Waals surface area (Å²) in [6, 6.07) is 14.4. The van der Waals surface area contributed by atoms with Crippen LogP contribution in [0.15, 0.2) is 42.5 Å². The number of nitrogens with one attached hydrogen (secondary N) is 1. The van der Waals surface area contributed by atoms with Gasteiger partial charge in [-0.1, -0.05) is 56.3 Å². The number of para-hydroxylation sites is 1. The monoisotopic (exact) mass is 354 g/mol. The van der Waals surface area contributed by atoms with Gasteiger partial charge in [-0.25, -0.2) is 0 Å². The molecule has 2 aromatic rings. The van der Waals surface area contributed by atoms with E-state index in [9.17, 15) is 4.79 Å². The Balaban J connectivity index is 1.80. The lowest BCUT2D eigenvalue weighted by Crippen LogP contribution is -2.28. The predicted molar refractivity (Wildman–Crippen MR) is 106 cm³/mol. The number of hydrogen-bond acceptors (Lipinski definition) is 3. The van der Waals surface area contributed by atoms with Gasteiger partial charge in [0.25, 0.3) is 5.91 Å². The number of aryl methyl sites for hydroxylation is 2.